The maximum Gasteiger partial charge on any atom is 0.144 e. The van der Waals surface area contributed by atoms with E-state index in [0.29, 0.717) is 5.59 Å². The lowest BCUT2D eigenvalue weighted by Gasteiger charge is -1.92. The maximum atomic E-state index is 5.35. The largest absolute Gasteiger partial charge is 0.269 e. The summed E-state index contributed by atoms with van der Waals surface area (Å²) in [6.07, 6.45) is 3.19. The highest BCUT2D eigenvalue weighted by Gasteiger charge is 1.86. The first-order valence-corrected chi connectivity index (χ1v) is 2.34. The van der Waals surface area contributed by atoms with Crippen LogP contribution in [0.3, 0.4) is 0 Å². The van der Waals surface area contributed by atoms with Gasteiger partial charge in [0.1, 0.15) is 7.85 Å². The lowest BCUT2D eigenvalue weighted by molar-refractivity contribution is 1.15. The standard InChI is InChI=1S/C5H5BN2/c1-4-5(6)8-3-2-7-4/h2-3H,1H3. The van der Waals surface area contributed by atoms with E-state index in [-0.39, 0.29) is 0 Å². The summed E-state index contributed by atoms with van der Waals surface area (Å²) in [7, 11) is 5.35. The van der Waals surface area contributed by atoms with Crippen LogP contribution in [0.1, 0.15) is 5.69 Å². The van der Waals surface area contributed by atoms with Crippen molar-refractivity contribution in [3.63, 3.8) is 0 Å². The Bertz CT molecular complexity index is 167. The van der Waals surface area contributed by atoms with Crippen molar-refractivity contribution < 1.29 is 0 Å². The number of aryl methyl sites for hydroxylation is 1. The van der Waals surface area contributed by atoms with Crippen molar-refractivity contribution in [1.82, 2.24) is 9.97 Å². The van der Waals surface area contributed by atoms with Crippen LogP contribution in [0.25, 0.3) is 0 Å². The normalized spacial score (nSPS) is 9.12. The lowest BCUT2D eigenvalue weighted by atomic mass is 10.0. The van der Waals surface area contributed by atoms with Gasteiger partial charge >= 0.3 is 0 Å². The van der Waals surface area contributed by atoms with Crippen LogP contribution >= 0.6 is 0 Å². The van der Waals surface area contributed by atoms with Gasteiger partial charge in [-0.2, -0.15) is 0 Å². The second-order valence-electron chi connectivity index (χ2n) is 1.53. The molecule has 0 amide bonds. The molecule has 1 aromatic heterocycles. The molecule has 1 heterocycles. The summed E-state index contributed by atoms with van der Waals surface area (Å²) in [5.41, 5.74) is 1.29. The van der Waals surface area contributed by atoms with E-state index in [1.807, 2.05) is 6.92 Å². The first-order chi connectivity index (χ1) is 3.80. The summed E-state index contributed by atoms with van der Waals surface area (Å²) >= 11 is 0. The molecule has 38 valence electrons. The van der Waals surface area contributed by atoms with Crippen molar-refractivity contribution in [2.45, 2.75) is 6.92 Å². The molecule has 0 aliphatic carbocycles. The Morgan fingerprint density at radius 3 is 2.38 bits per heavy atom. The molecule has 0 saturated heterocycles. The van der Waals surface area contributed by atoms with Crippen LogP contribution in [-0.4, -0.2) is 17.8 Å². The molecule has 0 saturated carbocycles. The van der Waals surface area contributed by atoms with Gasteiger partial charge in [-0.1, -0.05) is 0 Å². The molecule has 8 heavy (non-hydrogen) atoms. The van der Waals surface area contributed by atoms with Crippen LogP contribution in [-0.2, 0) is 0 Å². The molecular weight excluding hydrogens is 98.9 g/mol. The Balaban J connectivity index is 3.13. The summed E-state index contributed by atoms with van der Waals surface area (Å²) in [5, 5.41) is 0. The van der Waals surface area contributed by atoms with Crippen LogP contribution in [0.15, 0.2) is 12.4 Å². The van der Waals surface area contributed by atoms with E-state index in [1.165, 1.54) is 0 Å². The van der Waals surface area contributed by atoms with E-state index >= 15 is 0 Å². The number of aromatic nitrogens is 2. The Labute approximate surface area is 49.4 Å². The maximum absolute atomic E-state index is 5.35. The number of nitrogens with zero attached hydrogens (tertiary/aromatic N) is 2. The second kappa shape index (κ2) is 1.94. The third-order valence-electron chi connectivity index (χ3n) is 0.919. The predicted molar refractivity (Wildman–Crippen MR) is 32.2 cm³/mol. The second-order valence-corrected chi connectivity index (χ2v) is 1.53. The van der Waals surface area contributed by atoms with E-state index in [4.69, 9.17) is 7.85 Å². The molecule has 3 heteroatoms. The fourth-order valence-electron chi connectivity index (χ4n) is 0.418. The molecule has 0 aliphatic rings. The number of hydrogen-bond donors (Lipinski definition) is 0. The van der Waals surface area contributed by atoms with E-state index in [1.54, 1.807) is 12.4 Å². The van der Waals surface area contributed by atoms with Crippen molar-refractivity contribution in [3.05, 3.63) is 18.1 Å². The third-order valence-corrected chi connectivity index (χ3v) is 0.919. The zero-order chi connectivity index (χ0) is 5.98. The highest BCUT2D eigenvalue weighted by molar-refractivity contribution is 6.31. The molecular formula is C5H5BN2. The minimum Gasteiger partial charge on any atom is -0.269 e. The van der Waals surface area contributed by atoms with Gasteiger partial charge < -0.3 is 0 Å². The average molecular weight is 104 g/mol. The van der Waals surface area contributed by atoms with Gasteiger partial charge in [0.05, 0.1) is 0 Å². The molecule has 2 radical (unpaired) electrons. The smallest absolute Gasteiger partial charge is 0.144 e. The molecule has 0 atom stereocenters. The van der Waals surface area contributed by atoms with Gasteiger partial charge in [0.15, 0.2) is 0 Å². The molecule has 0 bridgehead atoms. The first-order valence-electron chi connectivity index (χ1n) is 2.34. The van der Waals surface area contributed by atoms with Crippen LogP contribution in [0.5, 0.6) is 0 Å². The van der Waals surface area contributed by atoms with E-state index < -0.39 is 0 Å². The van der Waals surface area contributed by atoms with E-state index in [0.717, 1.165) is 5.69 Å². The first kappa shape index (κ1) is 5.28. The molecule has 0 unspecified atom stereocenters. The molecule has 0 N–H and O–H groups in total. The Morgan fingerprint density at radius 1 is 1.38 bits per heavy atom. The summed E-state index contributed by atoms with van der Waals surface area (Å²) < 4.78 is 0. The molecule has 0 aromatic carbocycles. The van der Waals surface area contributed by atoms with Crippen LogP contribution < -0.4 is 5.59 Å². The highest BCUT2D eigenvalue weighted by atomic mass is 14.8. The molecule has 0 spiro atoms. The Morgan fingerprint density at radius 2 is 2.00 bits per heavy atom. The van der Waals surface area contributed by atoms with Gasteiger partial charge in [0.2, 0.25) is 0 Å². The fourth-order valence-corrected chi connectivity index (χ4v) is 0.418. The van der Waals surface area contributed by atoms with Crippen LogP contribution in [0.4, 0.5) is 0 Å². The van der Waals surface area contributed by atoms with Gasteiger partial charge in [0, 0.05) is 23.7 Å². The van der Waals surface area contributed by atoms with Gasteiger partial charge in [-0.15, -0.1) is 0 Å². The SMILES string of the molecule is [B]c1nccnc1C. The zero-order valence-corrected chi connectivity index (χ0v) is 4.63. The van der Waals surface area contributed by atoms with Gasteiger partial charge in [-0.3, -0.25) is 9.97 Å². The van der Waals surface area contributed by atoms with Gasteiger partial charge in [-0.25, -0.2) is 0 Å². The average Bonchev–Trinajstić information content (AvgIpc) is 1.77. The van der Waals surface area contributed by atoms with Crippen LogP contribution in [0.2, 0.25) is 0 Å². The van der Waals surface area contributed by atoms with Crippen molar-refractivity contribution >= 4 is 13.4 Å². The number of hydrogen-bond acceptors (Lipinski definition) is 2. The van der Waals surface area contributed by atoms with Crippen molar-refractivity contribution in [3.8, 4) is 0 Å². The minimum absolute atomic E-state index is 0.507. The molecule has 1 rings (SSSR count). The zero-order valence-electron chi connectivity index (χ0n) is 4.63. The van der Waals surface area contributed by atoms with E-state index in [2.05, 4.69) is 9.97 Å². The Hall–Kier alpha value is -0.855. The summed E-state index contributed by atoms with van der Waals surface area (Å²) in [6, 6.07) is 0. The highest BCUT2D eigenvalue weighted by Crippen LogP contribution is 1.77. The summed E-state index contributed by atoms with van der Waals surface area (Å²) in [6.45, 7) is 1.82. The molecule has 0 fully saturated rings. The van der Waals surface area contributed by atoms with Crippen LogP contribution in [0, 0.1) is 6.92 Å². The molecule has 2 nitrogen and oxygen atoms in total. The third kappa shape index (κ3) is 0.859. The molecule has 0 aliphatic heterocycles. The van der Waals surface area contributed by atoms with Crippen molar-refractivity contribution in [2.24, 2.45) is 0 Å². The fraction of sp³-hybridized carbons (Fsp3) is 0.200. The van der Waals surface area contributed by atoms with Gasteiger partial charge in [-0.05, 0) is 6.92 Å². The number of rotatable bonds is 0. The lowest BCUT2D eigenvalue weighted by Crippen LogP contribution is -2.12. The topological polar surface area (TPSA) is 25.8 Å². The molecule has 1 aromatic rings. The predicted octanol–water partition coefficient (Wildman–Crippen LogP) is -0.421. The van der Waals surface area contributed by atoms with Gasteiger partial charge in [0.25, 0.3) is 0 Å². The minimum atomic E-state index is 0.507. The van der Waals surface area contributed by atoms with Crippen molar-refractivity contribution in [1.29, 1.82) is 0 Å². The Kier molecular flexibility index (Phi) is 1.28. The monoisotopic (exact) mass is 104 g/mol. The summed E-state index contributed by atoms with van der Waals surface area (Å²) in [5.74, 6) is 0. The summed E-state index contributed by atoms with van der Waals surface area (Å²) in [4.78, 5) is 7.69. The van der Waals surface area contributed by atoms with E-state index in [9.17, 15) is 0 Å². The van der Waals surface area contributed by atoms with Crippen molar-refractivity contribution in [2.75, 3.05) is 0 Å². The quantitative estimate of drug-likeness (QED) is 0.417.